The summed E-state index contributed by atoms with van der Waals surface area (Å²) in [5.41, 5.74) is 2.67. The number of para-hydroxylation sites is 2. The maximum atomic E-state index is 12.1. The Kier molecular flexibility index (Phi) is 7.97. The van der Waals surface area contributed by atoms with Gasteiger partial charge in [0.1, 0.15) is 11.4 Å². The van der Waals surface area contributed by atoms with Crippen LogP contribution in [0.15, 0.2) is 46.8 Å². The molecule has 3 aromatic rings. The standard InChI is InChI=1S/C26H31N3O5S/c1-31-21-10-6-5-9-19(21)27-26-29(14-8-13-28-12-7-11-24(28)30)20(17-35-26)18-15-22(32-2)25(34-4)23(16-18)33-3/h5-6,9-10,15-17H,7-8,11-14H2,1-4H3. The van der Waals surface area contributed by atoms with E-state index in [-0.39, 0.29) is 5.91 Å². The quantitative estimate of drug-likeness (QED) is 0.412. The average molecular weight is 498 g/mol. The number of likely N-dealkylation sites (tertiary alicyclic amines) is 1. The number of carbonyl (C=O) groups is 1. The maximum Gasteiger partial charge on any atom is 0.222 e. The van der Waals surface area contributed by atoms with Gasteiger partial charge in [0.05, 0.1) is 34.1 Å². The lowest BCUT2D eigenvalue weighted by Gasteiger charge is -2.17. The van der Waals surface area contributed by atoms with Gasteiger partial charge >= 0.3 is 0 Å². The van der Waals surface area contributed by atoms with Gasteiger partial charge in [0.25, 0.3) is 0 Å². The van der Waals surface area contributed by atoms with Crippen LogP contribution in [-0.2, 0) is 11.3 Å². The van der Waals surface area contributed by atoms with E-state index >= 15 is 0 Å². The maximum absolute atomic E-state index is 12.1. The molecule has 1 aliphatic heterocycles. The molecule has 0 aliphatic carbocycles. The number of amides is 1. The second-order valence-corrected chi connectivity index (χ2v) is 8.93. The van der Waals surface area contributed by atoms with Crippen molar-refractivity contribution in [3.05, 3.63) is 46.6 Å². The molecule has 0 N–H and O–H groups in total. The van der Waals surface area contributed by atoms with Crippen LogP contribution in [0.3, 0.4) is 0 Å². The summed E-state index contributed by atoms with van der Waals surface area (Å²) in [7, 11) is 6.45. The molecule has 1 fully saturated rings. The summed E-state index contributed by atoms with van der Waals surface area (Å²) in [4.78, 5) is 19.8. The van der Waals surface area contributed by atoms with E-state index < -0.39 is 0 Å². The van der Waals surface area contributed by atoms with Crippen LogP contribution in [0.5, 0.6) is 23.0 Å². The average Bonchev–Trinajstić information content (AvgIpc) is 3.49. The number of aromatic nitrogens is 1. The molecule has 1 saturated heterocycles. The molecule has 1 amide bonds. The summed E-state index contributed by atoms with van der Waals surface area (Å²) in [6.45, 7) is 2.27. The lowest BCUT2D eigenvalue weighted by molar-refractivity contribution is -0.127. The normalized spacial score (nSPS) is 13.9. The zero-order chi connectivity index (χ0) is 24.8. The first-order valence-corrected chi connectivity index (χ1v) is 12.4. The summed E-state index contributed by atoms with van der Waals surface area (Å²) in [6.07, 6.45) is 2.41. The molecule has 9 heteroatoms. The number of hydrogen-bond acceptors (Lipinski definition) is 7. The van der Waals surface area contributed by atoms with Crippen molar-refractivity contribution in [3.8, 4) is 34.3 Å². The summed E-state index contributed by atoms with van der Waals surface area (Å²) in [5, 5.41) is 2.08. The molecule has 0 radical (unpaired) electrons. The molecule has 186 valence electrons. The van der Waals surface area contributed by atoms with Crippen LogP contribution in [0.2, 0.25) is 0 Å². The fraction of sp³-hybridized carbons (Fsp3) is 0.385. The van der Waals surface area contributed by atoms with Crippen LogP contribution in [-0.4, -0.2) is 56.9 Å². The smallest absolute Gasteiger partial charge is 0.222 e. The minimum atomic E-state index is 0.240. The first-order valence-electron chi connectivity index (χ1n) is 11.5. The van der Waals surface area contributed by atoms with Crippen molar-refractivity contribution >= 4 is 22.9 Å². The Morgan fingerprint density at radius 1 is 0.943 bits per heavy atom. The molecule has 1 aliphatic rings. The fourth-order valence-electron chi connectivity index (χ4n) is 4.28. The summed E-state index contributed by atoms with van der Waals surface area (Å²) in [5.74, 6) is 2.68. The third kappa shape index (κ3) is 5.30. The monoisotopic (exact) mass is 497 g/mol. The number of hydrogen-bond donors (Lipinski definition) is 0. The first kappa shape index (κ1) is 24.7. The van der Waals surface area contributed by atoms with Crippen molar-refractivity contribution in [3.63, 3.8) is 0 Å². The molecule has 4 rings (SSSR count). The number of thiazole rings is 1. The molecule has 0 saturated carbocycles. The van der Waals surface area contributed by atoms with Gasteiger partial charge in [-0.2, -0.15) is 0 Å². The molecule has 0 bridgehead atoms. The highest BCUT2D eigenvalue weighted by Gasteiger charge is 2.20. The van der Waals surface area contributed by atoms with Crippen LogP contribution in [0, 0.1) is 0 Å². The Balaban J connectivity index is 1.77. The summed E-state index contributed by atoms with van der Waals surface area (Å²) < 4.78 is 24.3. The Morgan fingerprint density at radius 2 is 1.66 bits per heavy atom. The minimum Gasteiger partial charge on any atom is -0.494 e. The van der Waals surface area contributed by atoms with Crippen LogP contribution >= 0.6 is 11.3 Å². The topological polar surface area (TPSA) is 74.5 Å². The molecule has 2 heterocycles. The van der Waals surface area contributed by atoms with Crippen molar-refractivity contribution < 1.29 is 23.7 Å². The predicted molar refractivity (Wildman–Crippen MR) is 136 cm³/mol. The van der Waals surface area contributed by atoms with Gasteiger partial charge in [-0.05, 0) is 37.1 Å². The van der Waals surface area contributed by atoms with Crippen LogP contribution in [0.4, 0.5) is 5.69 Å². The van der Waals surface area contributed by atoms with Gasteiger partial charge in [-0.25, -0.2) is 4.99 Å². The Hall–Kier alpha value is -3.46. The van der Waals surface area contributed by atoms with Crippen LogP contribution < -0.4 is 23.7 Å². The van der Waals surface area contributed by atoms with Gasteiger partial charge in [-0.15, -0.1) is 11.3 Å². The van der Waals surface area contributed by atoms with Gasteiger partial charge < -0.3 is 28.4 Å². The first-order chi connectivity index (χ1) is 17.1. The molecule has 2 aromatic carbocycles. The highest BCUT2D eigenvalue weighted by Crippen LogP contribution is 2.41. The van der Waals surface area contributed by atoms with Crippen molar-refractivity contribution in [1.82, 2.24) is 9.47 Å². The van der Waals surface area contributed by atoms with Crippen LogP contribution in [0.1, 0.15) is 19.3 Å². The van der Waals surface area contributed by atoms with Gasteiger partial charge in [0, 0.05) is 37.0 Å². The SMILES string of the molecule is COc1ccccc1N=c1scc(-c2cc(OC)c(OC)c(OC)c2)n1CCCN1CCCC1=O. The number of carbonyl (C=O) groups excluding carboxylic acids is 1. The second-order valence-electron chi connectivity index (χ2n) is 8.09. The zero-order valence-corrected chi connectivity index (χ0v) is 21.4. The third-order valence-electron chi connectivity index (χ3n) is 6.04. The lowest BCUT2D eigenvalue weighted by atomic mass is 10.1. The molecule has 0 atom stereocenters. The number of rotatable bonds is 10. The molecule has 8 nitrogen and oxygen atoms in total. The lowest BCUT2D eigenvalue weighted by Crippen LogP contribution is -2.27. The van der Waals surface area contributed by atoms with E-state index in [1.807, 2.05) is 41.3 Å². The van der Waals surface area contributed by atoms with Gasteiger partial charge in [0.2, 0.25) is 11.7 Å². The van der Waals surface area contributed by atoms with Gasteiger partial charge in [0.15, 0.2) is 16.3 Å². The molecule has 35 heavy (non-hydrogen) atoms. The number of benzene rings is 2. The Bertz CT molecular complexity index is 1220. The Morgan fingerprint density at radius 3 is 2.29 bits per heavy atom. The van der Waals surface area contributed by atoms with Crippen LogP contribution in [0.25, 0.3) is 11.3 Å². The summed E-state index contributed by atoms with van der Waals surface area (Å²) >= 11 is 1.55. The van der Waals surface area contributed by atoms with Gasteiger partial charge in [-0.1, -0.05) is 12.1 Å². The minimum absolute atomic E-state index is 0.240. The van der Waals surface area contributed by atoms with E-state index in [9.17, 15) is 4.79 Å². The van der Waals surface area contributed by atoms with Gasteiger partial charge in [-0.3, -0.25) is 4.79 Å². The highest BCUT2D eigenvalue weighted by atomic mass is 32.1. The molecular weight excluding hydrogens is 466 g/mol. The zero-order valence-electron chi connectivity index (χ0n) is 20.6. The summed E-state index contributed by atoms with van der Waals surface area (Å²) in [6, 6.07) is 11.6. The third-order valence-corrected chi connectivity index (χ3v) is 6.90. The largest absolute Gasteiger partial charge is 0.494 e. The molecule has 0 spiro atoms. The van der Waals surface area contributed by atoms with Crippen molar-refractivity contribution in [2.24, 2.45) is 4.99 Å². The highest BCUT2D eigenvalue weighted by molar-refractivity contribution is 7.07. The molecule has 1 aromatic heterocycles. The van der Waals surface area contributed by atoms with Crippen molar-refractivity contribution in [1.29, 1.82) is 0 Å². The van der Waals surface area contributed by atoms with E-state index in [1.165, 1.54) is 0 Å². The van der Waals surface area contributed by atoms with E-state index in [2.05, 4.69) is 9.95 Å². The molecular formula is C26H31N3O5S. The van der Waals surface area contributed by atoms with E-state index in [0.29, 0.717) is 36.0 Å². The van der Waals surface area contributed by atoms with E-state index in [4.69, 9.17) is 23.9 Å². The van der Waals surface area contributed by atoms with Crippen molar-refractivity contribution in [2.75, 3.05) is 41.5 Å². The molecule has 0 unspecified atom stereocenters. The predicted octanol–water partition coefficient (Wildman–Crippen LogP) is 4.50. The van der Waals surface area contributed by atoms with E-state index in [1.54, 1.807) is 39.8 Å². The number of nitrogens with zero attached hydrogens (tertiary/aromatic N) is 3. The fourth-order valence-corrected chi connectivity index (χ4v) is 5.23. The van der Waals surface area contributed by atoms with E-state index in [0.717, 1.165) is 47.7 Å². The number of methoxy groups -OCH3 is 4. The second kappa shape index (κ2) is 11.3. The number of ether oxygens (including phenoxy) is 4. The van der Waals surface area contributed by atoms with Crippen molar-refractivity contribution in [2.45, 2.75) is 25.8 Å². The Labute approximate surface area is 209 Å².